The lowest BCUT2D eigenvalue weighted by Gasteiger charge is -2.18. The highest BCUT2D eigenvalue weighted by Crippen LogP contribution is 2.34. The van der Waals surface area contributed by atoms with Gasteiger partial charge in [-0.15, -0.1) is 11.3 Å². The molecule has 0 saturated carbocycles. The van der Waals surface area contributed by atoms with Gasteiger partial charge in [0, 0.05) is 19.2 Å². The quantitative estimate of drug-likeness (QED) is 0.525. The van der Waals surface area contributed by atoms with Crippen LogP contribution in [0.3, 0.4) is 0 Å². The van der Waals surface area contributed by atoms with Gasteiger partial charge >= 0.3 is 5.97 Å². The molecule has 0 fully saturated rings. The number of hydrogen-bond donors (Lipinski definition) is 1. The van der Waals surface area contributed by atoms with Crippen LogP contribution in [0, 0.1) is 6.92 Å². The van der Waals surface area contributed by atoms with E-state index in [2.05, 4.69) is 5.32 Å². The summed E-state index contributed by atoms with van der Waals surface area (Å²) in [5, 5.41) is 13.0. The van der Waals surface area contributed by atoms with Gasteiger partial charge in [-0.05, 0) is 46.3 Å². The van der Waals surface area contributed by atoms with Crippen LogP contribution in [0.4, 0.5) is 5.00 Å². The van der Waals surface area contributed by atoms with E-state index >= 15 is 0 Å². The van der Waals surface area contributed by atoms with E-state index in [-0.39, 0.29) is 22.6 Å². The highest BCUT2D eigenvalue weighted by atomic mass is 32.1. The van der Waals surface area contributed by atoms with Crippen LogP contribution >= 0.6 is 11.3 Å². The molecule has 0 aliphatic rings. The predicted molar refractivity (Wildman–Crippen MR) is 99.6 cm³/mol. The smallest absolute Gasteiger partial charge is 0.341 e. The Hall–Kier alpha value is -2.68. The van der Waals surface area contributed by atoms with Gasteiger partial charge in [-0.25, -0.2) is 4.79 Å². The van der Waals surface area contributed by atoms with Crippen molar-refractivity contribution in [3.8, 4) is 0 Å². The fourth-order valence-electron chi connectivity index (χ4n) is 2.28. The molecule has 27 heavy (non-hydrogen) atoms. The predicted octanol–water partition coefficient (Wildman–Crippen LogP) is 1.35. The largest absolute Gasteiger partial charge is 0.545 e. The molecule has 0 aliphatic heterocycles. The average Bonchev–Trinajstić information content (AvgIpc) is 2.89. The van der Waals surface area contributed by atoms with Crippen LogP contribution in [-0.2, 0) is 14.3 Å². The van der Waals surface area contributed by atoms with E-state index in [1.807, 2.05) is 13.8 Å². The molecular formula is C18H23N2O6S-. The number of nitrogens with one attached hydrogen (secondary N) is 1. The van der Waals surface area contributed by atoms with E-state index in [9.17, 15) is 24.3 Å². The molecule has 0 spiro atoms. The summed E-state index contributed by atoms with van der Waals surface area (Å²) >= 11 is 0.950. The fourth-order valence-corrected chi connectivity index (χ4v) is 3.44. The third kappa shape index (κ3) is 5.92. The number of ether oxygens (including phenoxy) is 1. The van der Waals surface area contributed by atoms with Crippen molar-refractivity contribution < 1.29 is 29.0 Å². The number of esters is 1. The zero-order chi connectivity index (χ0) is 20.7. The maximum Gasteiger partial charge on any atom is 0.341 e. The van der Waals surface area contributed by atoms with Gasteiger partial charge in [0.15, 0.2) is 0 Å². The van der Waals surface area contributed by atoms with Gasteiger partial charge in [0.1, 0.15) is 5.00 Å². The maximum atomic E-state index is 12.7. The van der Waals surface area contributed by atoms with Gasteiger partial charge in [0.2, 0.25) is 5.91 Å². The highest BCUT2D eigenvalue weighted by molar-refractivity contribution is 7.18. The number of amides is 2. The zero-order valence-corrected chi connectivity index (χ0v) is 16.8. The summed E-state index contributed by atoms with van der Waals surface area (Å²) in [5.41, 5.74) is 0.487. The van der Waals surface area contributed by atoms with E-state index in [4.69, 9.17) is 4.74 Å². The second-order valence-electron chi connectivity index (χ2n) is 5.83. The standard InChI is InChI=1S/C18H24N2O6S/c1-6-20(7-2)17(24)15-11(5)14(18(25)26-10(3)4)16(27-15)19-12(21)8-9-13(22)23/h8-10H,6-7H2,1-5H3,(H,19,21)(H,22,23)/p-1/b9-8+. The van der Waals surface area contributed by atoms with Crippen LogP contribution in [0.15, 0.2) is 12.2 Å². The Kier molecular flexibility index (Phi) is 8.17. The first kappa shape index (κ1) is 22.4. The number of aliphatic carboxylic acids is 1. The first-order chi connectivity index (χ1) is 12.6. The molecular weight excluding hydrogens is 372 g/mol. The topological polar surface area (TPSA) is 116 Å². The Morgan fingerprint density at radius 2 is 1.78 bits per heavy atom. The van der Waals surface area contributed by atoms with Crippen molar-refractivity contribution in [3.63, 3.8) is 0 Å². The molecule has 1 aromatic rings. The molecule has 9 heteroatoms. The van der Waals surface area contributed by atoms with Crippen LogP contribution in [0.1, 0.15) is 53.3 Å². The Balaban J connectivity index is 3.35. The van der Waals surface area contributed by atoms with Crippen molar-refractivity contribution in [1.82, 2.24) is 4.90 Å². The number of rotatable bonds is 8. The monoisotopic (exact) mass is 395 g/mol. The Bertz CT molecular complexity index is 762. The van der Waals surface area contributed by atoms with Crippen molar-refractivity contribution >= 4 is 40.1 Å². The van der Waals surface area contributed by atoms with E-state index in [1.165, 1.54) is 0 Å². The first-order valence-corrected chi connectivity index (χ1v) is 9.27. The van der Waals surface area contributed by atoms with Gasteiger partial charge < -0.3 is 24.9 Å². The van der Waals surface area contributed by atoms with Crippen LogP contribution < -0.4 is 10.4 Å². The SMILES string of the molecule is CCN(CC)C(=O)c1sc(NC(=O)/C=C/C(=O)[O-])c(C(=O)OC(C)C)c1C. The van der Waals surface area contributed by atoms with Gasteiger partial charge in [0.05, 0.1) is 22.5 Å². The molecule has 2 amide bonds. The van der Waals surface area contributed by atoms with Crippen LogP contribution in [-0.4, -0.2) is 47.8 Å². The lowest BCUT2D eigenvalue weighted by molar-refractivity contribution is -0.297. The number of carboxylic acids is 1. The van der Waals surface area contributed by atoms with Crippen molar-refractivity contribution in [3.05, 3.63) is 28.2 Å². The Morgan fingerprint density at radius 3 is 2.26 bits per heavy atom. The summed E-state index contributed by atoms with van der Waals surface area (Å²) in [6, 6.07) is 0. The van der Waals surface area contributed by atoms with Crippen molar-refractivity contribution in [2.75, 3.05) is 18.4 Å². The number of carbonyl (C=O) groups excluding carboxylic acids is 4. The van der Waals surface area contributed by atoms with Crippen LogP contribution in [0.25, 0.3) is 0 Å². The van der Waals surface area contributed by atoms with Crippen molar-refractivity contribution in [1.29, 1.82) is 0 Å². The van der Waals surface area contributed by atoms with Gasteiger partial charge in [-0.3, -0.25) is 9.59 Å². The fraction of sp³-hybridized carbons (Fsp3) is 0.444. The summed E-state index contributed by atoms with van der Waals surface area (Å²) < 4.78 is 5.21. The minimum absolute atomic E-state index is 0.0828. The molecule has 1 heterocycles. The van der Waals surface area contributed by atoms with Crippen molar-refractivity contribution in [2.45, 2.75) is 40.7 Å². The van der Waals surface area contributed by atoms with Gasteiger partial charge in [-0.2, -0.15) is 0 Å². The number of thiophene rings is 1. The zero-order valence-electron chi connectivity index (χ0n) is 16.0. The molecule has 0 unspecified atom stereocenters. The summed E-state index contributed by atoms with van der Waals surface area (Å²) in [4.78, 5) is 49.5. The lowest BCUT2D eigenvalue weighted by atomic mass is 10.1. The molecule has 0 aliphatic carbocycles. The van der Waals surface area contributed by atoms with E-state index in [1.54, 1.807) is 25.7 Å². The van der Waals surface area contributed by atoms with Crippen molar-refractivity contribution in [2.24, 2.45) is 0 Å². The minimum atomic E-state index is -1.52. The third-order valence-electron chi connectivity index (χ3n) is 3.55. The number of carboxylic acid groups (broad SMARTS) is 1. The van der Waals surface area contributed by atoms with Gasteiger partial charge in [-0.1, -0.05) is 0 Å². The molecule has 0 saturated heterocycles. The van der Waals surface area contributed by atoms with E-state index in [0.29, 0.717) is 29.6 Å². The molecule has 8 nitrogen and oxygen atoms in total. The molecule has 148 valence electrons. The third-order valence-corrected chi connectivity index (χ3v) is 4.74. The van der Waals surface area contributed by atoms with Gasteiger partial charge in [0.25, 0.3) is 5.91 Å². The highest BCUT2D eigenvalue weighted by Gasteiger charge is 2.28. The number of nitrogens with zero attached hydrogens (tertiary/aromatic N) is 1. The lowest BCUT2D eigenvalue weighted by Crippen LogP contribution is -2.30. The normalized spacial score (nSPS) is 10.9. The number of anilines is 1. The second kappa shape index (κ2) is 9.86. The number of hydrogen-bond acceptors (Lipinski definition) is 7. The molecule has 0 radical (unpaired) electrons. The Morgan fingerprint density at radius 1 is 1.19 bits per heavy atom. The summed E-state index contributed by atoms with van der Waals surface area (Å²) in [7, 11) is 0. The van der Waals surface area contributed by atoms with E-state index in [0.717, 1.165) is 17.4 Å². The molecule has 0 aromatic carbocycles. The Labute approximate surface area is 161 Å². The van der Waals surface area contributed by atoms with Crippen LogP contribution in [0.2, 0.25) is 0 Å². The molecule has 1 rings (SSSR count). The first-order valence-electron chi connectivity index (χ1n) is 8.45. The van der Waals surface area contributed by atoms with E-state index < -0.39 is 17.8 Å². The summed E-state index contributed by atoms with van der Waals surface area (Å²) in [5.74, 6) is -3.21. The summed E-state index contributed by atoms with van der Waals surface area (Å²) in [6.07, 6.45) is 0.956. The minimum Gasteiger partial charge on any atom is -0.545 e. The van der Waals surface area contributed by atoms with Crippen LogP contribution in [0.5, 0.6) is 0 Å². The molecule has 0 bridgehead atoms. The maximum absolute atomic E-state index is 12.7. The molecule has 0 atom stereocenters. The molecule has 1 N–H and O–H groups in total. The second-order valence-corrected chi connectivity index (χ2v) is 6.85. The number of carbonyl (C=O) groups is 4. The average molecular weight is 395 g/mol. The molecule has 1 aromatic heterocycles. The summed E-state index contributed by atoms with van der Waals surface area (Å²) in [6.45, 7) is 9.64.